The summed E-state index contributed by atoms with van der Waals surface area (Å²) in [4.78, 5) is 26.8. The molecular weight excluding hydrogens is 338 g/mol. The number of rotatable bonds is 3. The van der Waals surface area contributed by atoms with Crippen LogP contribution in [0, 0.1) is 0 Å². The summed E-state index contributed by atoms with van der Waals surface area (Å²) < 4.78 is 22.5. The Morgan fingerprint density at radius 3 is 2.58 bits per heavy atom. The first kappa shape index (κ1) is 17.5. The van der Waals surface area contributed by atoms with Crippen LogP contribution in [0.2, 0.25) is 0 Å². The minimum absolute atomic E-state index is 0.00476. The van der Waals surface area contributed by atoms with Gasteiger partial charge in [0.05, 0.1) is 6.61 Å². The van der Waals surface area contributed by atoms with E-state index in [0.717, 1.165) is 12.8 Å². The van der Waals surface area contributed by atoms with Gasteiger partial charge in [-0.25, -0.2) is 4.79 Å². The molecule has 0 aromatic heterocycles. The highest BCUT2D eigenvalue weighted by Crippen LogP contribution is 2.40. The Morgan fingerprint density at radius 2 is 1.88 bits per heavy atom. The first-order valence-corrected chi connectivity index (χ1v) is 8.97. The van der Waals surface area contributed by atoms with Crippen LogP contribution >= 0.6 is 0 Å². The van der Waals surface area contributed by atoms with Crippen molar-refractivity contribution >= 4 is 17.6 Å². The van der Waals surface area contributed by atoms with Gasteiger partial charge in [-0.3, -0.25) is 9.69 Å². The third-order valence-corrected chi connectivity index (χ3v) is 4.92. The van der Waals surface area contributed by atoms with Crippen LogP contribution in [0.25, 0.3) is 0 Å². The van der Waals surface area contributed by atoms with Gasteiger partial charge < -0.3 is 18.9 Å². The van der Waals surface area contributed by atoms with E-state index in [9.17, 15) is 9.59 Å². The van der Waals surface area contributed by atoms with Gasteiger partial charge in [0.15, 0.2) is 11.9 Å². The van der Waals surface area contributed by atoms with Crippen LogP contribution in [0.15, 0.2) is 24.3 Å². The molecule has 0 radical (unpaired) electrons. The molecule has 1 amide bonds. The molecule has 1 aromatic carbocycles. The predicted molar refractivity (Wildman–Crippen MR) is 91.8 cm³/mol. The first-order chi connectivity index (χ1) is 12.3. The molecule has 3 aliphatic rings. The second-order valence-corrected chi connectivity index (χ2v) is 7.39. The molecule has 1 spiro atoms. The molecule has 1 aromatic rings. The van der Waals surface area contributed by atoms with E-state index in [-0.39, 0.29) is 13.2 Å². The lowest BCUT2D eigenvalue weighted by Crippen LogP contribution is -2.59. The lowest BCUT2D eigenvalue weighted by atomic mass is 9.98. The number of carbonyl (C=O) groups excluding carboxylic acids is 2. The van der Waals surface area contributed by atoms with Crippen molar-refractivity contribution in [2.45, 2.75) is 57.4 Å². The van der Waals surface area contributed by atoms with Crippen LogP contribution in [0.1, 0.15) is 32.8 Å². The van der Waals surface area contributed by atoms with Crippen molar-refractivity contribution in [3.63, 3.8) is 0 Å². The molecule has 0 unspecified atom stereocenters. The smallest absolute Gasteiger partial charge is 0.407 e. The van der Waals surface area contributed by atoms with E-state index in [4.69, 9.17) is 18.9 Å². The van der Waals surface area contributed by atoms with Crippen molar-refractivity contribution in [2.24, 2.45) is 0 Å². The van der Waals surface area contributed by atoms with E-state index in [1.165, 1.54) is 10.5 Å². The van der Waals surface area contributed by atoms with Gasteiger partial charge in [0, 0.05) is 5.69 Å². The Kier molecular flexibility index (Phi) is 4.06. The number of hydrogen-bond acceptors (Lipinski definition) is 6. The molecule has 3 aliphatic heterocycles. The first-order valence-electron chi connectivity index (χ1n) is 8.97. The molecule has 7 heteroatoms. The fourth-order valence-electron chi connectivity index (χ4n) is 3.72. The predicted octanol–water partition coefficient (Wildman–Crippen LogP) is 2.41. The van der Waals surface area contributed by atoms with Crippen molar-refractivity contribution in [1.29, 1.82) is 0 Å². The standard InChI is InChI=1S/C19H23NO6/c1-4-5-12-6-8-13(9-7-12)20-11-19(26-17(20)22)16(21)15-14(10-23-19)24-18(2,3)25-15/h6-9,14-15H,4-5,10-11H2,1-3H3/t14-,15-,19+/m1/s1. The SMILES string of the molecule is CCCc1ccc(N2C[C@]3(OC[C@H]4OC(C)(C)O[C@H]4C3=O)OC2=O)cc1. The highest BCUT2D eigenvalue weighted by molar-refractivity contribution is 6.00. The molecule has 3 atom stereocenters. The Labute approximate surface area is 152 Å². The normalized spacial score (nSPS) is 32.8. The molecule has 3 saturated heterocycles. The topological polar surface area (TPSA) is 74.3 Å². The number of anilines is 1. The number of ether oxygens (including phenoxy) is 4. The number of hydrogen-bond donors (Lipinski definition) is 0. The Morgan fingerprint density at radius 1 is 1.15 bits per heavy atom. The maximum absolute atomic E-state index is 12.9. The minimum Gasteiger partial charge on any atom is -0.407 e. The molecular formula is C19H23NO6. The van der Waals surface area contributed by atoms with Crippen molar-refractivity contribution in [1.82, 2.24) is 0 Å². The number of aryl methyl sites for hydroxylation is 1. The molecule has 0 N–H and O–H groups in total. The average molecular weight is 361 g/mol. The van der Waals surface area contributed by atoms with Gasteiger partial charge >= 0.3 is 6.09 Å². The average Bonchev–Trinajstić information content (AvgIpc) is 3.10. The monoisotopic (exact) mass is 361 g/mol. The van der Waals surface area contributed by atoms with E-state index in [2.05, 4.69) is 6.92 Å². The zero-order chi connectivity index (χ0) is 18.5. The minimum atomic E-state index is -1.63. The van der Waals surface area contributed by atoms with Crippen LogP contribution in [-0.2, 0) is 30.2 Å². The summed E-state index contributed by atoms with van der Waals surface area (Å²) in [6, 6.07) is 7.68. The van der Waals surface area contributed by atoms with Crippen molar-refractivity contribution in [3.8, 4) is 0 Å². The zero-order valence-corrected chi connectivity index (χ0v) is 15.2. The van der Waals surface area contributed by atoms with E-state index in [1.54, 1.807) is 13.8 Å². The molecule has 0 aliphatic carbocycles. The van der Waals surface area contributed by atoms with Gasteiger partial charge in [-0.05, 0) is 38.0 Å². The summed E-state index contributed by atoms with van der Waals surface area (Å²) in [6.45, 7) is 5.75. The number of benzene rings is 1. The maximum atomic E-state index is 12.9. The van der Waals surface area contributed by atoms with E-state index in [0.29, 0.717) is 5.69 Å². The fraction of sp³-hybridized carbons (Fsp3) is 0.579. The number of carbonyl (C=O) groups is 2. The van der Waals surface area contributed by atoms with Crippen molar-refractivity contribution < 1.29 is 28.5 Å². The summed E-state index contributed by atoms with van der Waals surface area (Å²) in [6.07, 6.45) is 0.158. The summed E-state index contributed by atoms with van der Waals surface area (Å²) in [5, 5.41) is 0. The van der Waals surface area contributed by atoms with E-state index >= 15 is 0 Å². The largest absolute Gasteiger partial charge is 0.417 e. The van der Waals surface area contributed by atoms with Gasteiger partial charge in [0.1, 0.15) is 12.6 Å². The summed E-state index contributed by atoms with van der Waals surface area (Å²) in [7, 11) is 0. The van der Waals surface area contributed by atoms with Crippen molar-refractivity contribution in [3.05, 3.63) is 29.8 Å². The van der Waals surface area contributed by atoms with E-state index in [1.807, 2.05) is 24.3 Å². The van der Waals surface area contributed by atoms with Gasteiger partial charge in [0.2, 0.25) is 5.78 Å². The molecule has 3 heterocycles. The van der Waals surface area contributed by atoms with Crippen LogP contribution in [0.5, 0.6) is 0 Å². The maximum Gasteiger partial charge on any atom is 0.417 e. The zero-order valence-electron chi connectivity index (χ0n) is 15.2. The number of Topliss-reactive ketones (excluding diaryl/α,β-unsaturated/α-hetero) is 1. The molecule has 0 saturated carbocycles. The molecule has 140 valence electrons. The Hall–Kier alpha value is -1.96. The van der Waals surface area contributed by atoms with Gasteiger partial charge in [-0.15, -0.1) is 0 Å². The third kappa shape index (κ3) is 2.80. The second-order valence-electron chi connectivity index (χ2n) is 7.39. The molecule has 0 bridgehead atoms. The molecule has 3 fully saturated rings. The number of nitrogens with zero attached hydrogens (tertiary/aromatic N) is 1. The highest BCUT2D eigenvalue weighted by atomic mass is 16.8. The Bertz CT molecular complexity index is 730. The summed E-state index contributed by atoms with van der Waals surface area (Å²) in [5.41, 5.74) is 1.87. The summed E-state index contributed by atoms with van der Waals surface area (Å²) >= 11 is 0. The summed E-state index contributed by atoms with van der Waals surface area (Å²) in [5.74, 6) is -2.90. The number of fused-ring (bicyclic) bond motifs is 1. The van der Waals surface area contributed by atoms with Crippen LogP contribution in [0.3, 0.4) is 0 Å². The van der Waals surface area contributed by atoms with Crippen LogP contribution < -0.4 is 4.90 Å². The third-order valence-electron chi connectivity index (χ3n) is 4.92. The van der Waals surface area contributed by atoms with E-state index < -0.39 is 35.7 Å². The lowest BCUT2D eigenvalue weighted by molar-refractivity contribution is -0.218. The second kappa shape index (κ2) is 6.04. The van der Waals surface area contributed by atoms with Gasteiger partial charge in [-0.2, -0.15) is 0 Å². The number of ketones is 1. The van der Waals surface area contributed by atoms with Crippen LogP contribution in [-0.4, -0.2) is 48.8 Å². The fourth-order valence-corrected chi connectivity index (χ4v) is 3.72. The lowest BCUT2D eigenvalue weighted by Gasteiger charge is -2.34. The quantitative estimate of drug-likeness (QED) is 0.823. The van der Waals surface area contributed by atoms with Crippen LogP contribution in [0.4, 0.5) is 10.5 Å². The highest BCUT2D eigenvalue weighted by Gasteiger charge is 2.63. The Balaban J connectivity index is 1.54. The number of amides is 1. The molecule has 26 heavy (non-hydrogen) atoms. The molecule has 7 nitrogen and oxygen atoms in total. The van der Waals surface area contributed by atoms with Gasteiger partial charge in [-0.1, -0.05) is 25.5 Å². The molecule has 4 rings (SSSR count). The van der Waals surface area contributed by atoms with Crippen molar-refractivity contribution in [2.75, 3.05) is 18.1 Å². The van der Waals surface area contributed by atoms with Gasteiger partial charge in [0.25, 0.3) is 5.79 Å².